The summed E-state index contributed by atoms with van der Waals surface area (Å²) in [5.41, 5.74) is 3.25. The number of aromatic nitrogens is 3. The molecule has 0 radical (unpaired) electrons. The molecule has 164 valence electrons. The van der Waals surface area contributed by atoms with Gasteiger partial charge in [0.25, 0.3) is 0 Å². The molecule has 32 heavy (non-hydrogen) atoms. The van der Waals surface area contributed by atoms with Crippen LogP contribution < -0.4 is 15.7 Å². The van der Waals surface area contributed by atoms with Gasteiger partial charge in [0.2, 0.25) is 5.91 Å². The van der Waals surface area contributed by atoms with E-state index in [1.807, 2.05) is 50.2 Å². The van der Waals surface area contributed by atoms with E-state index in [1.165, 1.54) is 6.33 Å². The number of nitrogens with one attached hydrogen (secondary N) is 1. The van der Waals surface area contributed by atoms with Crippen molar-refractivity contribution in [2.24, 2.45) is 0 Å². The SMILES string of the molecule is COc1ccc2c(C)c(CCC(=O)N[C@@H](C)c3ccc(-n4cncn4)cc3)c(=O)oc2c1. The van der Waals surface area contributed by atoms with E-state index in [2.05, 4.69) is 15.4 Å². The number of rotatable bonds is 7. The van der Waals surface area contributed by atoms with Crippen molar-refractivity contribution in [1.82, 2.24) is 20.1 Å². The van der Waals surface area contributed by atoms with Crippen molar-refractivity contribution in [3.63, 3.8) is 0 Å². The molecule has 0 aliphatic carbocycles. The Morgan fingerprint density at radius 3 is 2.69 bits per heavy atom. The standard InChI is InChI=1S/C24H24N4O4/c1-15-20-9-8-19(31-3)12-22(20)32-24(30)21(15)10-11-23(29)27-16(2)17-4-6-18(7-5-17)28-14-25-13-26-28/h4-9,12-14,16H,10-11H2,1-3H3,(H,27,29)/t16-/m0/s1. The van der Waals surface area contributed by atoms with E-state index in [0.29, 0.717) is 23.3 Å². The quantitative estimate of drug-likeness (QED) is 0.449. The maximum absolute atomic E-state index is 12.5. The molecule has 8 heteroatoms. The maximum Gasteiger partial charge on any atom is 0.339 e. The van der Waals surface area contributed by atoms with Crippen LogP contribution in [0, 0.1) is 6.92 Å². The Morgan fingerprint density at radius 2 is 2.00 bits per heavy atom. The van der Waals surface area contributed by atoms with Gasteiger partial charge in [0.1, 0.15) is 24.0 Å². The highest BCUT2D eigenvalue weighted by Crippen LogP contribution is 2.24. The third-order valence-electron chi connectivity index (χ3n) is 5.55. The predicted octanol–water partition coefficient (Wildman–Crippen LogP) is 3.50. The first-order valence-electron chi connectivity index (χ1n) is 10.3. The Morgan fingerprint density at radius 1 is 1.22 bits per heavy atom. The van der Waals surface area contributed by atoms with Crippen LogP contribution in [0.15, 0.2) is 64.3 Å². The number of amides is 1. The minimum absolute atomic E-state index is 0.133. The van der Waals surface area contributed by atoms with Crippen LogP contribution >= 0.6 is 0 Å². The first-order chi connectivity index (χ1) is 15.5. The van der Waals surface area contributed by atoms with Gasteiger partial charge in [0, 0.05) is 23.4 Å². The molecule has 0 saturated heterocycles. The van der Waals surface area contributed by atoms with E-state index in [4.69, 9.17) is 9.15 Å². The van der Waals surface area contributed by atoms with E-state index >= 15 is 0 Å². The number of fused-ring (bicyclic) bond motifs is 1. The molecule has 1 amide bonds. The van der Waals surface area contributed by atoms with Crippen LogP contribution in [0.2, 0.25) is 0 Å². The second kappa shape index (κ2) is 9.05. The Kier molecular flexibility index (Phi) is 6.02. The average Bonchev–Trinajstić information content (AvgIpc) is 3.33. The molecule has 0 aliphatic rings. The number of methoxy groups -OCH3 is 1. The van der Waals surface area contributed by atoms with Gasteiger partial charge >= 0.3 is 5.63 Å². The minimum Gasteiger partial charge on any atom is -0.497 e. The number of hydrogen-bond donors (Lipinski definition) is 1. The van der Waals surface area contributed by atoms with Crippen LogP contribution in [-0.4, -0.2) is 27.8 Å². The first-order valence-corrected chi connectivity index (χ1v) is 10.3. The van der Waals surface area contributed by atoms with E-state index in [0.717, 1.165) is 22.2 Å². The summed E-state index contributed by atoms with van der Waals surface area (Å²) in [6.45, 7) is 3.80. The van der Waals surface area contributed by atoms with Gasteiger partial charge in [-0.05, 0) is 55.7 Å². The molecule has 2 heterocycles. The molecule has 1 atom stereocenters. The van der Waals surface area contributed by atoms with Crippen LogP contribution in [0.3, 0.4) is 0 Å². The summed E-state index contributed by atoms with van der Waals surface area (Å²) >= 11 is 0. The number of ether oxygens (including phenoxy) is 1. The van der Waals surface area contributed by atoms with Crippen LogP contribution in [0.5, 0.6) is 5.75 Å². The van der Waals surface area contributed by atoms with Crippen molar-refractivity contribution in [3.8, 4) is 11.4 Å². The van der Waals surface area contributed by atoms with Crippen molar-refractivity contribution in [1.29, 1.82) is 0 Å². The molecule has 2 aromatic heterocycles. The normalized spacial score (nSPS) is 12.0. The summed E-state index contributed by atoms with van der Waals surface area (Å²) < 4.78 is 12.3. The number of hydrogen-bond acceptors (Lipinski definition) is 6. The average molecular weight is 432 g/mol. The molecule has 0 fully saturated rings. The van der Waals surface area contributed by atoms with Crippen LogP contribution in [0.4, 0.5) is 0 Å². The largest absolute Gasteiger partial charge is 0.497 e. The number of carbonyl (C=O) groups is 1. The van der Waals surface area contributed by atoms with Crippen molar-refractivity contribution in [2.45, 2.75) is 32.7 Å². The maximum atomic E-state index is 12.5. The van der Waals surface area contributed by atoms with Gasteiger partial charge in [-0.25, -0.2) is 14.5 Å². The van der Waals surface area contributed by atoms with E-state index in [1.54, 1.807) is 24.2 Å². The van der Waals surface area contributed by atoms with Gasteiger partial charge in [-0.15, -0.1) is 0 Å². The van der Waals surface area contributed by atoms with Gasteiger partial charge < -0.3 is 14.5 Å². The van der Waals surface area contributed by atoms with Gasteiger partial charge in [-0.3, -0.25) is 4.79 Å². The highest BCUT2D eigenvalue weighted by molar-refractivity contribution is 5.82. The number of aryl methyl sites for hydroxylation is 1. The molecule has 0 saturated carbocycles. The summed E-state index contributed by atoms with van der Waals surface area (Å²) in [5.74, 6) is 0.488. The molecule has 4 aromatic rings. The fourth-order valence-corrected chi connectivity index (χ4v) is 3.68. The molecule has 0 bridgehead atoms. The smallest absolute Gasteiger partial charge is 0.339 e. The molecule has 0 spiro atoms. The second-order valence-corrected chi connectivity index (χ2v) is 7.58. The first kappa shape index (κ1) is 21.3. The van der Waals surface area contributed by atoms with E-state index in [9.17, 15) is 9.59 Å². The van der Waals surface area contributed by atoms with Crippen LogP contribution in [0.25, 0.3) is 16.7 Å². The number of nitrogens with zero attached hydrogens (tertiary/aromatic N) is 3. The van der Waals surface area contributed by atoms with Gasteiger partial charge in [0.05, 0.1) is 18.8 Å². The lowest BCUT2D eigenvalue weighted by Gasteiger charge is -2.15. The fraction of sp³-hybridized carbons (Fsp3) is 0.250. The van der Waals surface area contributed by atoms with Crippen molar-refractivity contribution < 1.29 is 13.9 Å². The summed E-state index contributed by atoms with van der Waals surface area (Å²) in [4.78, 5) is 29.0. The highest BCUT2D eigenvalue weighted by Gasteiger charge is 2.15. The topological polar surface area (TPSA) is 99.2 Å². The fourth-order valence-electron chi connectivity index (χ4n) is 3.68. The molecule has 0 unspecified atom stereocenters. The minimum atomic E-state index is -0.423. The van der Waals surface area contributed by atoms with Crippen molar-refractivity contribution in [2.75, 3.05) is 7.11 Å². The molecule has 2 aromatic carbocycles. The monoisotopic (exact) mass is 432 g/mol. The van der Waals surface area contributed by atoms with Crippen LogP contribution in [-0.2, 0) is 11.2 Å². The van der Waals surface area contributed by atoms with E-state index in [-0.39, 0.29) is 18.4 Å². The lowest BCUT2D eigenvalue weighted by Crippen LogP contribution is -2.27. The zero-order chi connectivity index (χ0) is 22.7. The van der Waals surface area contributed by atoms with E-state index < -0.39 is 5.63 Å². The number of carbonyl (C=O) groups excluding carboxylic acids is 1. The second-order valence-electron chi connectivity index (χ2n) is 7.58. The molecular formula is C24H24N4O4. The van der Waals surface area contributed by atoms with Gasteiger partial charge in [-0.2, -0.15) is 5.10 Å². The lowest BCUT2D eigenvalue weighted by atomic mass is 10.0. The predicted molar refractivity (Wildman–Crippen MR) is 120 cm³/mol. The summed E-state index contributed by atoms with van der Waals surface area (Å²) in [6.07, 6.45) is 3.60. The molecular weight excluding hydrogens is 408 g/mol. The molecule has 1 N–H and O–H groups in total. The third kappa shape index (κ3) is 4.39. The summed E-state index contributed by atoms with van der Waals surface area (Å²) in [7, 11) is 1.56. The third-order valence-corrected chi connectivity index (χ3v) is 5.55. The number of benzene rings is 2. The van der Waals surface area contributed by atoms with Gasteiger partial charge in [-0.1, -0.05) is 12.1 Å². The lowest BCUT2D eigenvalue weighted by molar-refractivity contribution is -0.121. The van der Waals surface area contributed by atoms with Crippen LogP contribution in [0.1, 0.15) is 36.1 Å². The Bertz CT molecular complexity index is 1290. The Balaban J connectivity index is 1.41. The van der Waals surface area contributed by atoms with Gasteiger partial charge in [0.15, 0.2) is 0 Å². The molecule has 0 aliphatic heterocycles. The zero-order valence-corrected chi connectivity index (χ0v) is 18.2. The summed E-state index contributed by atoms with van der Waals surface area (Å²) in [5, 5.41) is 7.92. The molecule has 8 nitrogen and oxygen atoms in total. The summed E-state index contributed by atoms with van der Waals surface area (Å²) in [6, 6.07) is 12.9. The Labute approximate surface area is 184 Å². The zero-order valence-electron chi connectivity index (χ0n) is 18.2. The molecule has 4 rings (SSSR count). The van der Waals surface area contributed by atoms with Crippen molar-refractivity contribution in [3.05, 3.63) is 82.2 Å². The Hall–Kier alpha value is -3.94. The van der Waals surface area contributed by atoms with Crippen molar-refractivity contribution >= 4 is 16.9 Å². The highest BCUT2D eigenvalue weighted by atomic mass is 16.5.